The number of nitrogens with zero attached hydrogens (tertiary/aromatic N) is 2. The third-order valence-electron chi connectivity index (χ3n) is 2.81. The molecule has 0 unspecified atom stereocenters. The summed E-state index contributed by atoms with van der Waals surface area (Å²) in [5.74, 6) is 0.0914. The molecule has 0 aliphatic heterocycles. The quantitative estimate of drug-likeness (QED) is 0.316. The predicted octanol–water partition coefficient (Wildman–Crippen LogP) is 2.52. The smallest absolute Gasteiger partial charge is 0.311 e. The van der Waals surface area contributed by atoms with E-state index in [0.717, 1.165) is 13.0 Å². The largest absolute Gasteiger partial charge is 0.487 e. The molecule has 0 atom stereocenters. The number of benzene rings is 1. The summed E-state index contributed by atoms with van der Waals surface area (Å²) < 4.78 is 5.44. The fourth-order valence-corrected chi connectivity index (χ4v) is 1.72. The summed E-state index contributed by atoms with van der Waals surface area (Å²) >= 11 is 0. The van der Waals surface area contributed by atoms with Crippen molar-refractivity contribution in [2.45, 2.75) is 19.8 Å². The lowest BCUT2D eigenvalue weighted by atomic mass is 10.1. The second-order valence-electron chi connectivity index (χ2n) is 4.72. The molecule has 110 valence electrons. The van der Waals surface area contributed by atoms with Crippen LogP contribution in [0.5, 0.6) is 5.75 Å². The van der Waals surface area contributed by atoms with Crippen LogP contribution in [-0.2, 0) is 0 Å². The van der Waals surface area contributed by atoms with Gasteiger partial charge < -0.3 is 9.64 Å². The van der Waals surface area contributed by atoms with Crippen molar-refractivity contribution in [2.75, 3.05) is 27.2 Å². The molecule has 0 radical (unpaired) electrons. The molecule has 0 aliphatic carbocycles. The second kappa shape index (κ2) is 7.59. The Morgan fingerprint density at radius 3 is 2.65 bits per heavy atom. The van der Waals surface area contributed by atoms with Crippen LogP contribution in [0.4, 0.5) is 5.69 Å². The topological polar surface area (TPSA) is 72.7 Å². The lowest BCUT2D eigenvalue weighted by Crippen LogP contribution is -2.15. The van der Waals surface area contributed by atoms with Gasteiger partial charge in [0.25, 0.3) is 0 Å². The Labute approximate surface area is 118 Å². The number of ether oxygens (including phenoxy) is 1. The Bertz CT molecular complexity index is 486. The third kappa shape index (κ3) is 4.62. The van der Waals surface area contributed by atoms with Crippen LogP contribution in [-0.4, -0.2) is 42.9 Å². The van der Waals surface area contributed by atoms with Gasteiger partial charge in [-0.3, -0.25) is 14.9 Å². The molecule has 6 heteroatoms. The first-order chi connectivity index (χ1) is 9.45. The maximum absolute atomic E-state index is 11.6. The lowest BCUT2D eigenvalue weighted by Gasteiger charge is -2.11. The molecular weight excluding hydrogens is 260 g/mol. The standard InChI is InChI=1S/C14H20N2O4/c1-4-13(17)11-6-7-14(12(10-11)16(18)19)20-9-5-8-15(2)3/h6-7,10H,4-5,8-9H2,1-3H3. The van der Waals surface area contributed by atoms with Crippen molar-refractivity contribution in [3.05, 3.63) is 33.9 Å². The first-order valence-electron chi connectivity index (χ1n) is 6.55. The summed E-state index contributed by atoms with van der Waals surface area (Å²) in [5, 5.41) is 11.0. The zero-order valence-electron chi connectivity index (χ0n) is 12.1. The van der Waals surface area contributed by atoms with Gasteiger partial charge in [0, 0.05) is 24.6 Å². The van der Waals surface area contributed by atoms with Crippen LogP contribution in [0.25, 0.3) is 0 Å². The van der Waals surface area contributed by atoms with E-state index in [9.17, 15) is 14.9 Å². The maximum atomic E-state index is 11.6. The molecule has 1 aromatic carbocycles. The Balaban J connectivity index is 2.80. The van der Waals surface area contributed by atoms with Gasteiger partial charge >= 0.3 is 5.69 Å². The monoisotopic (exact) mass is 280 g/mol. The number of nitro benzene ring substituents is 1. The highest BCUT2D eigenvalue weighted by Gasteiger charge is 2.18. The number of rotatable bonds is 8. The molecule has 0 aliphatic rings. The highest BCUT2D eigenvalue weighted by Crippen LogP contribution is 2.28. The van der Waals surface area contributed by atoms with E-state index in [1.54, 1.807) is 13.0 Å². The average molecular weight is 280 g/mol. The van der Waals surface area contributed by atoms with E-state index >= 15 is 0 Å². The van der Waals surface area contributed by atoms with Crippen LogP contribution in [0.2, 0.25) is 0 Å². The Morgan fingerprint density at radius 2 is 2.10 bits per heavy atom. The van der Waals surface area contributed by atoms with Crippen molar-refractivity contribution in [1.82, 2.24) is 4.90 Å². The van der Waals surface area contributed by atoms with E-state index < -0.39 is 4.92 Å². The molecule has 1 rings (SSSR count). The lowest BCUT2D eigenvalue weighted by molar-refractivity contribution is -0.385. The molecule has 20 heavy (non-hydrogen) atoms. The summed E-state index contributed by atoms with van der Waals surface area (Å²) in [5.41, 5.74) is 0.189. The van der Waals surface area contributed by atoms with E-state index in [4.69, 9.17) is 4.74 Å². The van der Waals surface area contributed by atoms with Crippen molar-refractivity contribution in [2.24, 2.45) is 0 Å². The van der Waals surface area contributed by atoms with Gasteiger partial charge in [0.1, 0.15) is 0 Å². The first kappa shape index (κ1) is 16.1. The summed E-state index contributed by atoms with van der Waals surface area (Å²) in [4.78, 5) is 24.1. The van der Waals surface area contributed by atoms with Crippen LogP contribution in [0, 0.1) is 10.1 Å². The summed E-state index contributed by atoms with van der Waals surface area (Å²) in [6.07, 6.45) is 1.10. The van der Waals surface area contributed by atoms with Crippen molar-refractivity contribution in [3.8, 4) is 5.75 Å². The van der Waals surface area contributed by atoms with Gasteiger partial charge in [-0.15, -0.1) is 0 Å². The highest BCUT2D eigenvalue weighted by molar-refractivity contribution is 5.96. The molecule has 0 bridgehead atoms. The zero-order valence-corrected chi connectivity index (χ0v) is 12.1. The predicted molar refractivity (Wildman–Crippen MR) is 76.4 cm³/mol. The van der Waals surface area contributed by atoms with Gasteiger partial charge in [-0.25, -0.2) is 0 Å². The van der Waals surface area contributed by atoms with Gasteiger partial charge in [-0.1, -0.05) is 6.92 Å². The third-order valence-corrected chi connectivity index (χ3v) is 2.81. The van der Waals surface area contributed by atoms with Crippen LogP contribution in [0.1, 0.15) is 30.1 Å². The van der Waals surface area contributed by atoms with Gasteiger partial charge in [-0.05, 0) is 32.6 Å². The number of ketones is 1. The fourth-order valence-electron chi connectivity index (χ4n) is 1.72. The number of carbonyl (C=O) groups excluding carboxylic acids is 1. The van der Waals surface area contributed by atoms with Crippen molar-refractivity contribution in [1.29, 1.82) is 0 Å². The highest BCUT2D eigenvalue weighted by atomic mass is 16.6. The molecule has 0 aromatic heterocycles. The number of hydrogen-bond donors (Lipinski definition) is 0. The van der Waals surface area contributed by atoms with Crippen LogP contribution < -0.4 is 4.74 Å². The van der Waals surface area contributed by atoms with Crippen molar-refractivity contribution < 1.29 is 14.5 Å². The van der Waals surface area contributed by atoms with Crippen LogP contribution >= 0.6 is 0 Å². The molecule has 0 saturated carbocycles. The summed E-state index contributed by atoms with van der Waals surface area (Å²) in [6.45, 7) is 2.97. The number of carbonyl (C=O) groups is 1. The van der Waals surface area contributed by atoms with E-state index in [1.165, 1.54) is 12.1 Å². The number of Topliss-reactive ketones (excluding diaryl/α,β-unsaturated/α-hetero) is 1. The molecule has 1 aromatic rings. The molecule has 0 saturated heterocycles. The maximum Gasteiger partial charge on any atom is 0.311 e. The van der Waals surface area contributed by atoms with Crippen LogP contribution in [0.15, 0.2) is 18.2 Å². The van der Waals surface area contributed by atoms with Gasteiger partial charge in [-0.2, -0.15) is 0 Å². The minimum absolute atomic E-state index is 0.118. The minimum Gasteiger partial charge on any atom is -0.487 e. The van der Waals surface area contributed by atoms with Gasteiger partial charge in [0.05, 0.1) is 11.5 Å². The molecule has 0 amide bonds. The molecular formula is C14H20N2O4. The average Bonchev–Trinajstić information content (AvgIpc) is 2.42. The normalized spacial score (nSPS) is 10.6. The van der Waals surface area contributed by atoms with E-state index in [2.05, 4.69) is 0 Å². The Kier molecular flexibility index (Phi) is 6.11. The molecule has 6 nitrogen and oxygen atoms in total. The van der Waals surface area contributed by atoms with Crippen molar-refractivity contribution >= 4 is 11.5 Å². The van der Waals surface area contributed by atoms with Crippen LogP contribution in [0.3, 0.4) is 0 Å². The molecule has 0 spiro atoms. The zero-order chi connectivity index (χ0) is 15.1. The Morgan fingerprint density at radius 1 is 1.40 bits per heavy atom. The molecule has 0 fully saturated rings. The summed E-state index contributed by atoms with van der Waals surface area (Å²) in [7, 11) is 3.90. The molecule has 0 N–H and O–H groups in total. The second-order valence-corrected chi connectivity index (χ2v) is 4.72. The van der Waals surface area contributed by atoms with E-state index in [0.29, 0.717) is 18.6 Å². The molecule has 0 heterocycles. The summed E-state index contributed by atoms with van der Waals surface area (Å²) in [6, 6.07) is 4.35. The fraction of sp³-hybridized carbons (Fsp3) is 0.500. The first-order valence-corrected chi connectivity index (χ1v) is 6.55. The minimum atomic E-state index is -0.520. The SMILES string of the molecule is CCC(=O)c1ccc(OCCCN(C)C)c([N+](=O)[O-])c1. The number of nitro groups is 1. The van der Waals surface area contributed by atoms with E-state index in [-0.39, 0.29) is 17.2 Å². The number of hydrogen-bond acceptors (Lipinski definition) is 5. The van der Waals surface area contributed by atoms with E-state index in [1.807, 2.05) is 19.0 Å². The van der Waals surface area contributed by atoms with Crippen molar-refractivity contribution in [3.63, 3.8) is 0 Å². The Hall–Kier alpha value is -1.95. The van der Waals surface area contributed by atoms with Gasteiger partial charge in [0.15, 0.2) is 11.5 Å². The van der Waals surface area contributed by atoms with Gasteiger partial charge in [0.2, 0.25) is 0 Å².